The van der Waals surface area contributed by atoms with Crippen LogP contribution in [-0.4, -0.2) is 58.6 Å². The summed E-state index contributed by atoms with van der Waals surface area (Å²) in [6.45, 7) is 3.59. The van der Waals surface area contributed by atoms with E-state index in [9.17, 15) is 14.4 Å². The molecule has 8 heteroatoms. The molecule has 0 aliphatic carbocycles. The first-order valence-corrected chi connectivity index (χ1v) is 9.30. The number of fused-ring (bicyclic) bond motifs is 1. The molecule has 29 heavy (non-hydrogen) atoms. The number of furan rings is 1. The van der Waals surface area contributed by atoms with Crippen molar-refractivity contribution in [2.75, 3.05) is 26.2 Å². The van der Waals surface area contributed by atoms with Gasteiger partial charge in [-0.1, -0.05) is 30.3 Å². The van der Waals surface area contributed by atoms with Gasteiger partial charge >= 0.3 is 0 Å². The van der Waals surface area contributed by atoms with Crippen molar-refractivity contribution >= 4 is 28.5 Å². The molecule has 0 atom stereocenters. The second-order valence-corrected chi connectivity index (χ2v) is 6.97. The number of nitrogens with zero attached hydrogens (tertiary/aromatic N) is 3. The highest BCUT2D eigenvalue weighted by atomic mass is 16.3. The summed E-state index contributed by atoms with van der Waals surface area (Å²) in [7, 11) is 0. The lowest BCUT2D eigenvalue weighted by molar-refractivity contribution is -0.114. The molecular weight excluding hydrogens is 372 g/mol. The summed E-state index contributed by atoms with van der Waals surface area (Å²) in [5, 5.41) is 0.308. The molecule has 1 aliphatic heterocycles. The van der Waals surface area contributed by atoms with Crippen LogP contribution >= 0.6 is 0 Å². The molecule has 148 valence electrons. The van der Waals surface area contributed by atoms with Crippen LogP contribution in [0.15, 0.2) is 53.3 Å². The maximum absolute atomic E-state index is 12.9. The molecule has 0 bridgehead atoms. The number of nitrogens with two attached hydrogens (primary N) is 1. The van der Waals surface area contributed by atoms with Crippen LogP contribution < -0.4 is 5.73 Å². The fourth-order valence-corrected chi connectivity index (χ4v) is 3.47. The lowest BCUT2D eigenvalue weighted by Gasteiger charge is -2.34. The lowest BCUT2D eigenvalue weighted by Crippen LogP contribution is -2.48. The number of Topliss-reactive ketones (excluding diaryl/α,β-unsaturated/α-hetero) is 1. The summed E-state index contributed by atoms with van der Waals surface area (Å²) in [6.07, 6.45) is 2.72. The number of rotatable bonds is 5. The molecule has 8 nitrogen and oxygen atoms in total. The van der Waals surface area contributed by atoms with Crippen molar-refractivity contribution in [1.82, 2.24) is 14.8 Å². The lowest BCUT2D eigenvalue weighted by atomic mass is 10.1. The second-order valence-electron chi connectivity index (χ2n) is 6.97. The van der Waals surface area contributed by atoms with E-state index in [0.29, 0.717) is 29.6 Å². The molecule has 0 unspecified atom stereocenters. The van der Waals surface area contributed by atoms with E-state index in [0.717, 1.165) is 19.6 Å². The standard InChI is InChI=1S/C21H20N4O4/c22-20(27)18(26)19-16-10-15(11-23-17(16)13-29-19)21(28)25-8-6-24(7-9-25)12-14-4-2-1-3-5-14/h1-5,10-11,13H,6-9,12H2,(H2,22,27). The van der Waals surface area contributed by atoms with Crippen LogP contribution in [0, 0.1) is 0 Å². The van der Waals surface area contributed by atoms with E-state index < -0.39 is 11.7 Å². The molecule has 2 aromatic heterocycles. The molecule has 4 rings (SSSR count). The van der Waals surface area contributed by atoms with E-state index >= 15 is 0 Å². The maximum atomic E-state index is 12.9. The summed E-state index contributed by atoms with van der Waals surface area (Å²) in [4.78, 5) is 44.2. The first-order valence-electron chi connectivity index (χ1n) is 9.30. The SMILES string of the molecule is NC(=O)C(=O)c1occ2ncc(C(=O)N3CCN(Cc4ccccc4)CC3)cc12. The van der Waals surface area contributed by atoms with Gasteiger partial charge in [0.1, 0.15) is 11.8 Å². The summed E-state index contributed by atoms with van der Waals surface area (Å²) in [5.74, 6) is -2.42. The third kappa shape index (κ3) is 3.88. The Hall–Kier alpha value is -3.52. The second kappa shape index (κ2) is 7.84. The zero-order valence-electron chi connectivity index (χ0n) is 15.7. The Morgan fingerprint density at radius 2 is 1.79 bits per heavy atom. The summed E-state index contributed by atoms with van der Waals surface area (Å²) in [5.41, 5.74) is 7.03. The fourth-order valence-electron chi connectivity index (χ4n) is 3.47. The van der Waals surface area contributed by atoms with Crippen LogP contribution in [-0.2, 0) is 11.3 Å². The molecule has 0 radical (unpaired) electrons. The number of carbonyl (C=O) groups is 3. The van der Waals surface area contributed by atoms with Gasteiger partial charge in [0.2, 0.25) is 0 Å². The quantitative estimate of drug-likeness (QED) is 0.520. The van der Waals surface area contributed by atoms with Gasteiger partial charge in [-0.2, -0.15) is 0 Å². The third-order valence-electron chi connectivity index (χ3n) is 5.04. The van der Waals surface area contributed by atoms with E-state index in [1.165, 1.54) is 24.1 Å². The van der Waals surface area contributed by atoms with Crippen molar-refractivity contribution < 1.29 is 18.8 Å². The number of aromatic nitrogens is 1. The van der Waals surface area contributed by atoms with Gasteiger partial charge in [0, 0.05) is 38.9 Å². The number of primary amides is 1. The summed E-state index contributed by atoms with van der Waals surface area (Å²) < 4.78 is 5.14. The molecule has 0 spiro atoms. The van der Waals surface area contributed by atoms with Gasteiger partial charge in [-0.25, -0.2) is 0 Å². The van der Waals surface area contributed by atoms with Gasteiger partial charge in [-0.3, -0.25) is 24.3 Å². The Balaban J connectivity index is 1.46. The summed E-state index contributed by atoms with van der Waals surface area (Å²) in [6, 6.07) is 11.7. The van der Waals surface area contributed by atoms with E-state index in [4.69, 9.17) is 10.2 Å². The Morgan fingerprint density at radius 1 is 1.07 bits per heavy atom. The first kappa shape index (κ1) is 18.8. The van der Waals surface area contributed by atoms with Crippen LogP contribution in [0.2, 0.25) is 0 Å². The molecule has 0 saturated carbocycles. The van der Waals surface area contributed by atoms with Gasteiger partial charge < -0.3 is 15.1 Å². The van der Waals surface area contributed by atoms with Crippen molar-refractivity contribution in [2.45, 2.75) is 6.54 Å². The van der Waals surface area contributed by atoms with Crippen LogP contribution in [0.1, 0.15) is 26.5 Å². The third-order valence-corrected chi connectivity index (χ3v) is 5.04. The van der Waals surface area contributed by atoms with E-state index in [1.54, 1.807) is 4.90 Å². The molecule has 1 saturated heterocycles. The molecule has 1 fully saturated rings. The van der Waals surface area contributed by atoms with E-state index in [-0.39, 0.29) is 11.7 Å². The fraction of sp³-hybridized carbons (Fsp3) is 0.238. The highest BCUT2D eigenvalue weighted by Gasteiger charge is 2.25. The van der Waals surface area contributed by atoms with Crippen molar-refractivity contribution in [3.05, 3.63) is 65.7 Å². The monoisotopic (exact) mass is 392 g/mol. The molecule has 1 aromatic carbocycles. The minimum absolute atomic E-state index is 0.169. The normalized spacial score (nSPS) is 14.8. The van der Waals surface area contributed by atoms with Crippen molar-refractivity contribution in [2.24, 2.45) is 5.73 Å². The van der Waals surface area contributed by atoms with Crippen LogP contribution in [0.3, 0.4) is 0 Å². The van der Waals surface area contributed by atoms with Crippen molar-refractivity contribution in [1.29, 1.82) is 0 Å². The molecular formula is C21H20N4O4. The van der Waals surface area contributed by atoms with Crippen molar-refractivity contribution in [3.8, 4) is 0 Å². The number of piperazine rings is 1. The average Bonchev–Trinajstić information content (AvgIpc) is 3.17. The van der Waals surface area contributed by atoms with Gasteiger partial charge in [0.05, 0.1) is 10.9 Å². The molecule has 3 aromatic rings. The smallest absolute Gasteiger partial charge is 0.293 e. The predicted molar refractivity (Wildman–Crippen MR) is 105 cm³/mol. The highest BCUT2D eigenvalue weighted by molar-refractivity contribution is 6.43. The Bertz CT molecular complexity index is 1070. The number of benzene rings is 1. The Morgan fingerprint density at radius 3 is 2.48 bits per heavy atom. The molecule has 3 heterocycles. The van der Waals surface area contributed by atoms with Gasteiger partial charge in [-0.15, -0.1) is 0 Å². The minimum Gasteiger partial charge on any atom is -0.458 e. The number of carbonyl (C=O) groups excluding carboxylic acids is 3. The van der Waals surface area contributed by atoms with Crippen LogP contribution in [0.4, 0.5) is 0 Å². The molecule has 2 N–H and O–H groups in total. The number of hydrogen-bond donors (Lipinski definition) is 1. The van der Waals surface area contributed by atoms with Gasteiger partial charge in [-0.05, 0) is 11.6 Å². The zero-order chi connectivity index (χ0) is 20.4. The van der Waals surface area contributed by atoms with Gasteiger partial charge in [0.25, 0.3) is 17.6 Å². The van der Waals surface area contributed by atoms with E-state index in [1.807, 2.05) is 18.2 Å². The number of pyridine rings is 1. The number of amides is 2. The maximum Gasteiger partial charge on any atom is 0.293 e. The van der Waals surface area contributed by atoms with E-state index in [2.05, 4.69) is 22.0 Å². The largest absolute Gasteiger partial charge is 0.458 e. The Kier molecular flexibility index (Phi) is 5.09. The van der Waals surface area contributed by atoms with Crippen LogP contribution in [0.25, 0.3) is 10.9 Å². The predicted octanol–water partition coefficient (Wildman–Crippen LogP) is 1.45. The molecule has 2 amide bonds. The topological polar surface area (TPSA) is 110 Å². The van der Waals surface area contributed by atoms with Crippen molar-refractivity contribution in [3.63, 3.8) is 0 Å². The first-order chi connectivity index (χ1) is 14.0. The minimum atomic E-state index is -1.12. The summed E-state index contributed by atoms with van der Waals surface area (Å²) >= 11 is 0. The highest BCUT2D eigenvalue weighted by Crippen LogP contribution is 2.22. The number of ketones is 1. The Labute approximate surface area is 166 Å². The molecule has 1 aliphatic rings. The zero-order valence-corrected chi connectivity index (χ0v) is 15.7. The number of hydrogen-bond acceptors (Lipinski definition) is 6. The van der Waals surface area contributed by atoms with Crippen LogP contribution in [0.5, 0.6) is 0 Å². The van der Waals surface area contributed by atoms with Gasteiger partial charge in [0.15, 0.2) is 5.76 Å². The average molecular weight is 392 g/mol.